The van der Waals surface area contributed by atoms with Gasteiger partial charge in [0.05, 0.1) is 18.8 Å². The number of hydrogen-bond acceptors (Lipinski definition) is 3. The van der Waals surface area contributed by atoms with E-state index in [1.54, 1.807) is 0 Å². The number of nitrogens with zero attached hydrogens (tertiary/aromatic N) is 1. The molecule has 0 aliphatic carbocycles. The Morgan fingerprint density at radius 3 is 3.15 bits per heavy atom. The predicted octanol–water partition coefficient (Wildman–Crippen LogP) is 0.0913. The summed E-state index contributed by atoms with van der Waals surface area (Å²) in [5, 5.41) is 9.59. The monoisotopic (exact) mass is 183 g/mol. The molecule has 1 rings (SSSR count). The number of morpholine rings is 1. The zero-order valence-electron chi connectivity index (χ0n) is 8.07. The van der Waals surface area contributed by atoms with Crippen LogP contribution in [0.5, 0.6) is 0 Å². The van der Waals surface area contributed by atoms with Gasteiger partial charge in [-0.1, -0.05) is 6.92 Å². The van der Waals surface area contributed by atoms with Crippen molar-refractivity contribution >= 4 is 0 Å². The fraction of sp³-hybridized carbons (Fsp3) is 0.800. The second-order valence-electron chi connectivity index (χ2n) is 3.28. The molecule has 74 valence electrons. The second-order valence-corrected chi connectivity index (χ2v) is 3.28. The molecule has 3 nitrogen and oxygen atoms in total. The Bertz CT molecular complexity index is 188. The summed E-state index contributed by atoms with van der Waals surface area (Å²) in [6, 6.07) is 0. The number of aliphatic hydroxyl groups excluding tert-OH is 1. The van der Waals surface area contributed by atoms with Gasteiger partial charge in [0.25, 0.3) is 0 Å². The van der Waals surface area contributed by atoms with Gasteiger partial charge in [-0.3, -0.25) is 4.90 Å². The average Bonchev–Trinajstić information content (AvgIpc) is 2.18. The highest BCUT2D eigenvalue weighted by Crippen LogP contribution is 2.10. The molecule has 0 saturated carbocycles. The molecule has 2 unspecified atom stereocenters. The standard InChI is InChI=1S/C10H17NO2/c1-3-5-9(12)10-8-11(4-2)6-7-13-10/h1,9-10,12H,4-8H2,2H3. The van der Waals surface area contributed by atoms with Gasteiger partial charge in [-0.2, -0.15) is 0 Å². The molecule has 1 N–H and O–H groups in total. The number of ether oxygens (including phenoxy) is 1. The maximum atomic E-state index is 9.59. The molecule has 0 aromatic heterocycles. The van der Waals surface area contributed by atoms with E-state index in [-0.39, 0.29) is 6.10 Å². The highest BCUT2D eigenvalue weighted by Gasteiger charge is 2.25. The third kappa shape index (κ3) is 3.00. The molecular formula is C10H17NO2. The first-order valence-electron chi connectivity index (χ1n) is 4.73. The van der Waals surface area contributed by atoms with Gasteiger partial charge in [-0.25, -0.2) is 0 Å². The number of hydrogen-bond donors (Lipinski definition) is 1. The van der Waals surface area contributed by atoms with Crippen molar-refractivity contribution in [3.05, 3.63) is 0 Å². The first kappa shape index (κ1) is 10.5. The molecule has 0 radical (unpaired) electrons. The fourth-order valence-corrected chi connectivity index (χ4v) is 1.50. The van der Waals surface area contributed by atoms with Gasteiger partial charge in [-0.05, 0) is 6.54 Å². The Morgan fingerprint density at radius 2 is 2.54 bits per heavy atom. The van der Waals surface area contributed by atoms with E-state index < -0.39 is 6.10 Å². The summed E-state index contributed by atoms with van der Waals surface area (Å²) in [7, 11) is 0. The number of rotatable bonds is 3. The molecule has 1 fully saturated rings. The van der Waals surface area contributed by atoms with Crippen molar-refractivity contribution in [1.82, 2.24) is 4.90 Å². The highest BCUT2D eigenvalue weighted by molar-refractivity contribution is 4.91. The van der Waals surface area contributed by atoms with Crippen molar-refractivity contribution in [3.8, 4) is 12.3 Å². The summed E-state index contributed by atoms with van der Waals surface area (Å²) in [6.45, 7) is 5.55. The van der Waals surface area contributed by atoms with Crippen LogP contribution in [0, 0.1) is 12.3 Å². The van der Waals surface area contributed by atoms with E-state index in [9.17, 15) is 5.11 Å². The van der Waals surface area contributed by atoms with E-state index in [4.69, 9.17) is 11.2 Å². The van der Waals surface area contributed by atoms with E-state index in [1.165, 1.54) is 0 Å². The molecule has 1 saturated heterocycles. The lowest BCUT2D eigenvalue weighted by molar-refractivity contribution is -0.0854. The minimum atomic E-state index is -0.514. The van der Waals surface area contributed by atoms with Crippen LogP contribution in [-0.2, 0) is 4.74 Å². The zero-order chi connectivity index (χ0) is 9.68. The largest absolute Gasteiger partial charge is 0.389 e. The molecule has 0 amide bonds. The smallest absolute Gasteiger partial charge is 0.0970 e. The summed E-state index contributed by atoms with van der Waals surface area (Å²) < 4.78 is 5.44. The Kier molecular flexibility index (Phi) is 4.23. The molecule has 0 spiro atoms. The zero-order valence-corrected chi connectivity index (χ0v) is 8.07. The lowest BCUT2D eigenvalue weighted by Gasteiger charge is -2.34. The van der Waals surface area contributed by atoms with E-state index in [0.29, 0.717) is 13.0 Å². The molecular weight excluding hydrogens is 166 g/mol. The van der Waals surface area contributed by atoms with Crippen LogP contribution in [0.25, 0.3) is 0 Å². The fourth-order valence-electron chi connectivity index (χ4n) is 1.50. The summed E-state index contributed by atoms with van der Waals surface area (Å²) in [5.74, 6) is 2.45. The van der Waals surface area contributed by atoms with E-state index in [1.807, 2.05) is 0 Å². The van der Waals surface area contributed by atoms with Crippen LogP contribution in [0.4, 0.5) is 0 Å². The lowest BCUT2D eigenvalue weighted by Crippen LogP contribution is -2.47. The van der Waals surface area contributed by atoms with Crippen LogP contribution < -0.4 is 0 Å². The van der Waals surface area contributed by atoms with E-state index in [0.717, 1.165) is 19.6 Å². The van der Waals surface area contributed by atoms with Gasteiger partial charge in [-0.15, -0.1) is 12.3 Å². The third-order valence-electron chi connectivity index (χ3n) is 2.38. The summed E-state index contributed by atoms with van der Waals surface area (Å²) >= 11 is 0. The quantitative estimate of drug-likeness (QED) is 0.629. The minimum absolute atomic E-state index is 0.107. The van der Waals surface area contributed by atoms with Crippen LogP contribution in [0.2, 0.25) is 0 Å². The first-order valence-corrected chi connectivity index (χ1v) is 4.73. The topological polar surface area (TPSA) is 32.7 Å². The van der Waals surface area contributed by atoms with E-state index >= 15 is 0 Å². The van der Waals surface area contributed by atoms with E-state index in [2.05, 4.69) is 17.7 Å². The normalized spacial score (nSPS) is 26.7. The second kappa shape index (κ2) is 5.23. The highest BCUT2D eigenvalue weighted by atomic mass is 16.5. The van der Waals surface area contributed by atoms with Crippen LogP contribution in [0.15, 0.2) is 0 Å². The summed E-state index contributed by atoms with van der Waals surface area (Å²) in [6.07, 6.45) is 4.88. The maximum Gasteiger partial charge on any atom is 0.0970 e. The molecule has 2 atom stereocenters. The predicted molar refractivity (Wildman–Crippen MR) is 51.3 cm³/mol. The Balaban J connectivity index is 2.37. The number of terminal acetylenes is 1. The molecule has 0 aromatic rings. The van der Waals surface area contributed by atoms with Gasteiger partial charge >= 0.3 is 0 Å². The van der Waals surface area contributed by atoms with Gasteiger partial charge in [0.2, 0.25) is 0 Å². The lowest BCUT2D eigenvalue weighted by atomic mass is 10.1. The van der Waals surface area contributed by atoms with Crippen LogP contribution in [0.1, 0.15) is 13.3 Å². The van der Waals surface area contributed by atoms with Crippen molar-refractivity contribution in [1.29, 1.82) is 0 Å². The van der Waals surface area contributed by atoms with Crippen molar-refractivity contribution in [2.75, 3.05) is 26.2 Å². The number of likely N-dealkylation sites (N-methyl/N-ethyl adjacent to an activating group) is 1. The van der Waals surface area contributed by atoms with Crippen LogP contribution in [0.3, 0.4) is 0 Å². The molecule has 13 heavy (non-hydrogen) atoms. The van der Waals surface area contributed by atoms with Crippen LogP contribution in [-0.4, -0.2) is 48.5 Å². The minimum Gasteiger partial charge on any atom is -0.389 e. The molecule has 0 bridgehead atoms. The number of aliphatic hydroxyl groups is 1. The molecule has 0 aromatic carbocycles. The molecule has 3 heteroatoms. The summed E-state index contributed by atoms with van der Waals surface area (Å²) in [5.41, 5.74) is 0. The van der Waals surface area contributed by atoms with Gasteiger partial charge in [0, 0.05) is 19.5 Å². The van der Waals surface area contributed by atoms with Crippen molar-refractivity contribution in [2.24, 2.45) is 0 Å². The Hall–Kier alpha value is -0.560. The van der Waals surface area contributed by atoms with Gasteiger partial charge in [0.1, 0.15) is 0 Å². The SMILES string of the molecule is C#CCC(O)C1CN(CC)CCO1. The first-order chi connectivity index (χ1) is 6.27. The van der Waals surface area contributed by atoms with Crippen molar-refractivity contribution in [3.63, 3.8) is 0 Å². The Labute approximate surface area is 79.7 Å². The summed E-state index contributed by atoms with van der Waals surface area (Å²) in [4.78, 5) is 2.26. The average molecular weight is 183 g/mol. The third-order valence-corrected chi connectivity index (χ3v) is 2.38. The Morgan fingerprint density at radius 1 is 1.77 bits per heavy atom. The molecule has 1 aliphatic heterocycles. The van der Waals surface area contributed by atoms with Crippen molar-refractivity contribution < 1.29 is 9.84 Å². The van der Waals surface area contributed by atoms with Gasteiger partial charge in [0.15, 0.2) is 0 Å². The van der Waals surface area contributed by atoms with Gasteiger partial charge < -0.3 is 9.84 Å². The van der Waals surface area contributed by atoms with Crippen LogP contribution >= 0.6 is 0 Å². The molecule has 1 heterocycles. The maximum absolute atomic E-state index is 9.59. The molecule has 1 aliphatic rings. The van der Waals surface area contributed by atoms with Crippen molar-refractivity contribution in [2.45, 2.75) is 25.6 Å².